The number of rotatable bonds is 7. The maximum atomic E-state index is 12.1. The fourth-order valence-corrected chi connectivity index (χ4v) is 2.80. The van der Waals surface area contributed by atoms with Gasteiger partial charge in [0.05, 0.1) is 5.39 Å². The average Bonchev–Trinajstić information content (AvgIpc) is 2.84. The van der Waals surface area contributed by atoms with Gasteiger partial charge >= 0.3 is 0 Å². The van der Waals surface area contributed by atoms with Crippen molar-refractivity contribution in [2.45, 2.75) is 13.0 Å². The Balaban J connectivity index is 1.81. The van der Waals surface area contributed by atoms with Crippen molar-refractivity contribution in [2.24, 2.45) is 0 Å². The van der Waals surface area contributed by atoms with Crippen LogP contribution in [0.5, 0.6) is 0 Å². The lowest BCUT2D eigenvalue weighted by atomic mass is 10.3. The lowest BCUT2D eigenvalue weighted by Crippen LogP contribution is -2.28. The number of hydrogen-bond donors (Lipinski definition) is 1. The van der Waals surface area contributed by atoms with Gasteiger partial charge in [-0.05, 0) is 51.1 Å². The Hall–Kier alpha value is -1.17. The molecule has 0 fully saturated rings. The molecule has 0 aliphatic heterocycles. The number of fused-ring (bicyclic) bond motifs is 1. The summed E-state index contributed by atoms with van der Waals surface area (Å²) in [4.78, 5) is 14.3. The van der Waals surface area contributed by atoms with E-state index >= 15 is 0 Å². The Bertz CT molecular complexity index is 573. The highest BCUT2D eigenvalue weighted by Crippen LogP contribution is 2.15. The van der Waals surface area contributed by atoms with Crippen molar-refractivity contribution >= 4 is 21.4 Å². The predicted octanol–water partition coefficient (Wildman–Crippen LogP) is 1.60. The van der Waals surface area contributed by atoms with Gasteiger partial charge in [0.25, 0.3) is 5.56 Å². The summed E-state index contributed by atoms with van der Waals surface area (Å²) in [6.07, 6.45) is 3.02. The van der Waals surface area contributed by atoms with Gasteiger partial charge < -0.3 is 14.8 Å². The lowest BCUT2D eigenvalue weighted by Gasteiger charge is -2.10. The molecule has 0 bridgehead atoms. The zero-order chi connectivity index (χ0) is 13.7. The van der Waals surface area contributed by atoms with E-state index in [1.165, 1.54) is 0 Å². The minimum atomic E-state index is 0.119. The molecule has 104 valence electrons. The number of pyridine rings is 1. The van der Waals surface area contributed by atoms with Crippen molar-refractivity contribution in [1.82, 2.24) is 14.8 Å². The zero-order valence-electron chi connectivity index (χ0n) is 11.6. The number of aromatic nitrogens is 1. The van der Waals surface area contributed by atoms with E-state index in [4.69, 9.17) is 0 Å². The maximum Gasteiger partial charge on any atom is 0.259 e. The molecule has 0 aliphatic carbocycles. The number of nitrogens with zero attached hydrogens (tertiary/aromatic N) is 2. The Kier molecular flexibility index (Phi) is 5.13. The van der Waals surface area contributed by atoms with Crippen LogP contribution >= 0.6 is 11.3 Å². The minimum absolute atomic E-state index is 0.119. The topological polar surface area (TPSA) is 37.3 Å². The second-order valence-corrected chi connectivity index (χ2v) is 5.87. The molecule has 2 aromatic rings. The summed E-state index contributed by atoms with van der Waals surface area (Å²) in [5, 5.41) is 6.18. The third-order valence-electron chi connectivity index (χ3n) is 3.08. The van der Waals surface area contributed by atoms with Crippen molar-refractivity contribution in [2.75, 3.05) is 33.7 Å². The summed E-state index contributed by atoms with van der Waals surface area (Å²) in [7, 11) is 4.16. The van der Waals surface area contributed by atoms with E-state index in [1.807, 2.05) is 23.7 Å². The second kappa shape index (κ2) is 6.84. The van der Waals surface area contributed by atoms with Gasteiger partial charge in [-0.3, -0.25) is 4.79 Å². The lowest BCUT2D eigenvalue weighted by molar-refractivity contribution is 0.393. The number of thiophene rings is 1. The van der Waals surface area contributed by atoms with Crippen LogP contribution in [0, 0.1) is 0 Å². The first-order valence-electron chi connectivity index (χ1n) is 6.60. The van der Waals surface area contributed by atoms with Crippen molar-refractivity contribution < 1.29 is 0 Å². The third kappa shape index (κ3) is 3.89. The summed E-state index contributed by atoms with van der Waals surface area (Å²) in [5.74, 6) is 0. The van der Waals surface area contributed by atoms with Crippen molar-refractivity contribution in [3.8, 4) is 0 Å². The summed E-state index contributed by atoms with van der Waals surface area (Å²) in [6, 6.07) is 3.93. The first kappa shape index (κ1) is 14.2. The van der Waals surface area contributed by atoms with E-state index < -0.39 is 0 Å². The van der Waals surface area contributed by atoms with Crippen LogP contribution in [0.25, 0.3) is 10.1 Å². The molecule has 0 spiro atoms. The van der Waals surface area contributed by atoms with Gasteiger partial charge in [-0.1, -0.05) is 0 Å². The molecule has 2 aromatic heterocycles. The molecule has 0 aliphatic rings. The van der Waals surface area contributed by atoms with Gasteiger partial charge in [0.1, 0.15) is 0 Å². The molecule has 19 heavy (non-hydrogen) atoms. The van der Waals surface area contributed by atoms with Crippen molar-refractivity contribution in [3.05, 3.63) is 34.1 Å². The second-order valence-electron chi connectivity index (χ2n) is 4.92. The molecular weight excluding hydrogens is 258 g/mol. The molecule has 0 saturated heterocycles. The van der Waals surface area contributed by atoms with Crippen molar-refractivity contribution in [3.63, 3.8) is 0 Å². The van der Waals surface area contributed by atoms with Crippen molar-refractivity contribution in [1.29, 1.82) is 0 Å². The Morgan fingerprint density at radius 2 is 2.16 bits per heavy atom. The van der Waals surface area contributed by atoms with Crippen LogP contribution in [-0.2, 0) is 6.54 Å². The monoisotopic (exact) mass is 279 g/mol. The molecular formula is C14H21N3OS. The van der Waals surface area contributed by atoms with E-state index in [0.29, 0.717) is 0 Å². The highest BCUT2D eigenvalue weighted by atomic mass is 32.1. The van der Waals surface area contributed by atoms with Crippen LogP contribution in [0.15, 0.2) is 28.5 Å². The van der Waals surface area contributed by atoms with Gasteiger partial charge in [-0.25, -0.2) is 0 Å². The standard InChI is InChI=1S/C14H21N3OS/c1-16(2)8-3-6-15-7-10-17-9-4-13-12(14(17)18)5-11-19-13/h4-5,9,11,15H,3,6-8,10H2,1-2H3. The Labute approximate surface area is 117 Å². The van der Waals surface area contributed by atoms with Gasteiger partial charge in [0.2, 0.25) is 0 Å². The van der Waals surface area contributed by atoms with E-state index in [2.05, 4.69) is 24.3 Å². The van der Waals surface area contributed by atoms with Crippen LogP contribution in [-0.4, -0.2) is 43.2 Å². The fourth-order valence-electron chi connectivity index (χ4n) is 2.03. The van der Waals surface area contributed by atoms with Crippen LogP contribution in [0.3, 0.4) is 0 Å². The van der Waals surface area contributed by atoms with Gasteiger partial charge in [-0.15, -0.1) is 11.3 Å². The molecule has 0 aromatic carbocycles. The molecule has 4 nitrogen and oxygen atoms in total. The highest BCUT2D eigenvalue weighted by Gasteiger charge is 2.02. The quantitative estimate of drug-likeness (QED) is 0.782. The van der Waals surface area contributed by atoms with Crippen LogP contribution in [0.2, 0.25) is 0 Å². The zero-order valence-corrected chi connectivity index (χ0v) is 12.4. The highest BCUT2D eigenvalue weighted by molar-refractivity contribution is 7.17. The Morgan fingerprint density at radius 1 is 1.32 bits per heavy atom. The third-order valence-corrected chi connectivity index (χ3v) is 3.96. The normalized spacial score (nSPS) is 11.5. The number of nitrogens with one attached hydrogen (secondary N) is 1. The van der Waals surface area contributed by atoms with E-state index in [-0.39, 0.29) is 5.56 Å². The van der Waals surface area contributed by atoms with Gasteiger partial charge in [-0.2, -0.15) is 0 Å². The van der Waals surface area contributed by atoms with E-state index in [0.717, 1.165) is 42.7 Å². The van der Waals surface area contributed by atoms with Gasteiger partial charge in [0.15, 0.2) is 0 Å². The predicted molar refractivity (Wildman–Crippen MR) is 82.1 cm³/mol. The largest absolute Gasteiger partial charge is 0.315 e. The van der Waals surface area contributed by atoms with E-state index in [9.17, 15) is 4.79 Å². The SMILES string of the molecule is CN(C)CCCNCCn1ccc2sccc2c1=O. The summed E-state index contributed by atoms with van der Waals surface area (Å²) in [5.41, 5.74) is 0.119. The molecule has 2 heterocycles. The smallest absolute Gasteiger partial charge is 0.259 e. The molecule has 2 rings (SSSR count). The first-order chi connectivity index (χ1) is 9.18. The van der Waals surface area contributed by atoms with Crippen LogP contribution in [0.1, 0.15) is 6.42 Å². The summed E-state index contributed by atoms with van der Waals surface area (Å²) >= 11 is 1.61. The molecule has 1 N–H and O–H groups in total. The summed E-state index contributed by atoms with van der Waals surface area (Å²) in [6.45, 7) is 3.65. The van der Waals surface area contributed by atoms with Crippen LogP contribution in [0.4, 0.5) is 0 Å². The van der Waals surface area contributed by atoms with Crippen LogP contribution < -0.4 is 10.9 Å². The molecule has 0 atom stereocenters. The molecule has 0 amide bonds. The minimum Gasteiger partial charge on any atom is -0.315 e. The molecule has 0 radical (unpaired) electrons. The Morgan fingerprint density at radius 3 is 2.95 bits per heavy atom. The maximum absolute atomic E-state index is 12.1. The number of hydrogen-bond acceptors (Lipinski definition) is 4. The molecule has 0 saturated carbocycles. The first-order valence-corrected chi connectivity index (χ1v) is 7.48. The molecule has 5 heteroatoms. The average molecular weight is 279 g/mol. The molecule has 0 unspecified atom stereocenters. The van der Waals surface area contributed by atoms with Gasteiger partial charge in [0, 0.05) is 24.0 Å². The fraction of sp³-hybridized carbons (Fsp3) is 0.500. The van der Waals surface area contributed by atoms with E-state index in [1.54, 1.807) is 15.9 Å². The summed E-state index contributed by atoms with van der Waals surface area (Å²) < 4.78 is 2.86.